The number of Topliss-reactive ketones (excluding diaryl/α,β-unsaturated/α-hetero) is 1. The summed E-state index contributed by atoms with van der Waals surface area (Å²) >= 11 is 0. The fourth-order valence-corrected chi connectivity index (χ4v) is 2.81. The van der Waals surface area contributed by atoms with Gasteiger partial charge in [-0.05, 0) is 38.0 Å². The summed E-state index contributed by atoms with van der Waals surface area (Å²) in [5.74, 6) is 0.775. The summed E-state index contributed by atoms with van der Waals surface area (Å²) in [6.45, 7) is 9.44. The number of fused-ring (bicyclic) bond motifs is 1. The first-order chi connectivity index (χ1) is 8.00. The zero-order valence-electron chi connectivity index (χ0n) is 11.2. The van der Waals surface area contributed by atoms with Crippen LogP contribution in [0, 0.1) is 0 Å². The lowest BCUT2D eigenvalue weighted by atomic mass is 9.94. The quantitative estimate of drug-likeness (QED) is 0.796. The van der Waals surface area contributed by atoms with E-state index >= 15 is 0 Å². The lowest BCUT2D eigenvalue weighted by Crippen LogP contribution is -2.28. The Balaban J connectivity index is 2.44. The molecule has 0 N–H and O–H groups in total. The molecule has 0 saturated heterocycles. The molecule has 1 atom stereocenters. The zero-order chi connectivity index (χ0) is 12.6. The normalized spacial score (nSPS) is 18.6. The van der Waals surface area contributed by atoms with Crippen LogP contribution in [-0.4, -0.2) is 18.4 Å². The molecule has 17 heavy (non-hydrogen) atoms. The van der Waals surface area contributed by atoms with Gasteiger partial charge in [0.15, 0.2) is 0 Å². The van der Waals surface area contributed by atoms with Crippen LogP contribution in [0.5, 0.6) is 0 Å². The number of hydrogen-bond donors (Lipinski definition) is 0. The largest absolute Gasteiger partial charge is 0.368 e. The summed E-state index contributed by atoms with van der Waals surface area (Å²) in [4.78, 5) is 13.8. The van der Waals surface area contributed by atoms with E-state index in [0.29, 0.717) is 18.4 Å². The van der Waals surface area contributed by atoms with Crippen LogP contribution < -0.4 is 4.90 Å². The molecule has 0 amide bonds. The molecular weight excluding hydrogens is 210 g/mol. The number of rotatable bonds is 3. The first kappa shape index (κ1) is 12.2. The highest BCUT2D eigenvalue weighted by Crippen LogP contribution is 2.39. The van der Waals surface area contributed by atoms with Gasteiger partial charge in [-0.3, -0.25) is 4.79 Å². The molecule has 0 aromatic heterocycles. The molecule has 1 aromatic carbocycles. The van der Waals surface area contributed by atoms with Crippen molar-refractivity contribution in [1.29, 1.82) is 0 Å². The number of nitrogens with zero attached hydrogens (tertiary/aromatic N) is 1. The maximum Gasteiger partial charge on any atom is 0.134 e. The molecule has 2 heteroatoms. The maximum atomic E-state index is 11.3. The van der Waals surface area contributed by atoms with Gasteiger partial charge in [0.2, 0.25) is 0 Å². The van der Waals surface area contributed by atoms with Crippen LogP contribution in [0.1, 0.15) is 44.7 Å². The monoisotopic (exact) mass is 231 g/mol. The van der Waals surface area contributed by atoms with Gasteiger partial charge in [-0.25, -0.2) is 0 Å². The minimum atomic E-state index is 0.244. The van der Waals surface area contributed by atoms with Crippen LogP contribution >= 0.6 is 0 Å². The first-order valence-electron chi connectivity index (χ1n) is 6.38. The van der Waals surface area contributed by atoms with Gasteiger partial charge in [-0.1, -0.05) is 19.1 Å². The van der Waals surface area contributed by atoms with E-state index in [1.165, 1.54) is 16.8 Å². The highest BCUT2D eigenvalue weighted by Gasteiger charge is 2.29. The van der Waals surface area contributed by atoms with Crippen LogP contribution in [0.3, 0.4) is 0 Å². The number of hydrogen-bond acceptors (Lipinski definition) is 2. The molecular formula is C15H21NO. The molecule has 0 fully saturated rings. The fraction of sp³-hybridized carbons (Fsp3) is 0.533. The van der Waals surface area contributed by atoms with Crippen molar-refractivity contribution in [2.75, 3.05) is 11.4 Å². The Labute approximate surface area is 104 Å². The van der Waals surface area contributed by atoms with E-state index in [4.69, 9.17) is 0 Å². The third-order valence-corrected chi connectivity index (χ3v) is 3.51. The number of carbonyl (C=O) groups is 1. The van der Waals surface area contributed by atoms with Crippen LogP contribution in [-0.2, 0) is 11.2 Å². The van der Waals surface area contributed by atoms with Gasteiger partial charge in [0.05, 0.1) is 0 Å². The van der Waals surface area contributed by atoms with Crippen molar-refractivity contribution >= 4 is 11.5 Å². The standard InChI is InChI=1S/C15H21NO/c1-10(2)16-9-11(3)15-13(8-12(4)17)6-5-7-14(15)16/h5-7,10-11H,8-9H2,1-4H3. The lowest BCUT2D eigenvalue weighted by molar-refractivity contribution is -0.116. The summed E-state index contributed by atoms with van der Waals surface area (Å²) in [6, 6.07) is 6.87. The van der Waals surface area contributed by atoms with Crippen molar-refractivity contribution in [1.82, 2.24) is 0 Å². The molecule has 2 rings (SSSR count). The van der Waals surface area contributed by atoms with Gasteiger partial charge < -0.3 is 4.90 Å². The average molecular weight is 231 g/mol. The summed E-state index contributed by atoms with van der Waals surface area (Å²) in [5.41, 5.74) is 3.92. The van der Waals surface area contributed by atoms with E-state index in [1.54, 1.807) is 6.92 Å². The van der Waals surface area contributed by atoms with Crippen LogP contribution in [0.4, 0.5) is 5.69 Å². The van der Waals surface area contributed by atoms with Gasteiger partial charge in [-0.15, -0.1) is 0 Å². The molecule has 1 heterocycles. The second-order valence-electron chi connectivity index (χ2n) is 5.38. The van der Waals surface area contributed by atoms with E-state index in [-0.39, 0.29) is 5.78 Å². The van der Waals surface area contributed by atoms with Gasteiger partial charge in [-0.2, -0.15) is 0 Å². The highest BCUT2D eigenvalue weighted by atomic mass is 16.1. The SMILES string of the molecule is CC(=O)Cc1cccc2c1C(C)CN2C(C)C. The van der Waals surface area contributed by atoms with E-state index in [9.17, 15) is 4.79 Å². The van der Waals surface area contributed by atoms with Gasteiger partial charge in [0.25, 0.3) is 0 Å². The molecule has 0 saturated carbocycles. The first-order valence-corrected chi connectivity index (χ1v) is 6.38. The second-order valence-corrected chi connectivity index (χ2v) is 5.38. The van der Waals surface area contributed by atoms with Gasteiger partial charge >= 0.3 is 0 Å². The van der Waals surface area contributed by atoms with Crippen molar-refractivity contribution in [3.63, 3.8) is 0 Å². The van der Waals surface area contributed by atoms with Crippen molar-refractivity contribution in [2.24, 2.45) is 0 Å². The molecule has 0 bridgehead atoms. The Bertz CT molecular complexity index is 437. The van der Waals surface area contributed by atoms with E-state index < -0.39 is 0 Å². The smallest absolute Gasteiger partial charge is 0.134 e. The van der Waals surface area contributed by atoms with Crippen LogP contribution in [0.15, 0.2) is 18.2 Å². The molecule has 0 radical (unpaired) electrons. The second kappa shape index (κ2) is 4.52. The Hall–Kier alpha value is -1.31. The van der Waals surface area contributed by atoms with Crippen LogP contribution in [0.25, 0.3) is 0 Å². The molecule has 1 aromatic rings. The summed E-state index contributed by atoms with van der Waals surface area (Å²) in [6.07, 6.45) is 0.569. The lowest BCUT2D eigenvalue weighted by Gasteiger charge is -2.24. The fourth-order valence-electron chi connectivity index (χ4n) is 2.81. The Morgan fingerprint density at radius 1 is 1.47 bits per heavy atom. The molecule has 1 aliphatic rings. The van der Waals surface area contributed by atoms with Crippen molar-refractivity contribution < 1.29 is 4.79 Å². The van der Waals surface area contributed by atoms with Gasteiger partial charge in [0, 0.05) is 30.6 Å². The van der Waals surface area contributed by atoms with Gasteiger partial charge in [0.1, 0.15) is 5.78 Å². The molecule has 0 aliphatic carbocycles. The number of ketones is 1. The van der Waals surface area contributed by atoms with Crippen molar-refractivity contribution in [2.45, 2.75) is 46.1 Å². The predicted molar refractivity (Wildman–Crippen MR) is 71.7 cm³/mol. The van der Waals surface area contributed by atoms with E-state index in [1.807, 2.05) is 0 Å². The number of anilines is 1. The minimum Gasteiger partial charge on any atom is -0.368 e. The molecule has 92 valence electrons. The number of carbonyl (C=O) groups excluding carboxylic acids is 1. The summed E-state index contributed by atoms with van der Waals surface area (Å²) in [7, 11) is 0. The average Bonchev–Trinajstić information content (AvgIpc) is 2.56. The third kappa shape index (κ3) is 2.21. The van der Waals surface area contributed by atoms with E-state index in [0.717, 1.165) is 6.54 Å². The van der Waals surface area contributed by atoms with Crippen LogP contribution in [0.2, 0.25) is 0 Å². The summed E-state index contributed by atoms with van der Waals surface area (Å²) in [5, 5.41) is 0. The maximum absolute atomic E-state index is 11.3. The predicted octanol–water partition coefficient (Wildman–Crippen LogP) is 3.15. The van der Waals surface area contributed by atoms with Crippen molar-refractivity contribution in [3.8, 4) is 0 Å². The molecule has 0 spiro atoms. The van der Waals surface area contributed by atoms with Crippen molar-refractivity contribution in [3.05, 3.63) is 29.3 Å². The third-order valence-electron chi connectivity index (χ3n) is 3.51. The molecule has 1 aliphatic heterocycles. The summed E-state index contributed by atoms with van der Waals surface area (Å²) < 4.78 is 0. The highest BCUT2D eigenvalue weighted by molar-refractivity contribution is 5.80. The zero-order valence-corrected chi connectivity index (χ0v) is 11.2. The molecule has 1 unspecified atom stereocenters. The Kier molecular flexibility index (Phi) is 3.23. The minimum absolute atomic E-state index is 0.244. The molecule has 2 nitrogen and oxygen atoms in total. The topological polar surface area (TPSA) is 20.3 Å². The Morgan fingerprint density at radius 3 is 2.76 bits per heavy atom. The van der Waals surface area contributed by atoms with E-state index in [2.05, 4.69) is 43.9 Å². The number of benzene rings is 1. The Morgan fingerprint density at radius 2 is 2.18 bits per heavy atom.